The molecular formula is C7H8BrINOP. The van der Waals surface area contributed by atoms with Crippen molar-refractivity contribution in [3.8, 4) is 0 Å². The molecule has 1 aromatic rings. The SMILES string of the molecule is CC(OPI)c1ccncc1Br. The lowest BCUT2D eigenvalue weighted by molar-refractivity contribution is 0.268. The van der Waals surface area contributed by atoms with E-state index < -0.39 is 0 Å². The Balaban J connectivity index is 2.79. The van der Waals surface area contributed by atoms with Crippen LogP contribution in [0.5, 0.6) is 0 Å². The average molecular weight is 360 g/mol. The van der Waals surface area contributed by atoms with E-state index >= 15 is 0 Å². The lowest BCUT2D eigenvalue weighted by Gasteiger charge is -2.11. The van der Waals surface area contributed by atoms with Gasteiger partial charge in [-0.25, -0.2) is 0 Å². The van der Waals surface area contributed by atoms with Crippen molar-refractivity contribution >= 4 is 44.4 Å². The monoisotopic (exact) mass is 359 g/mol. The Morgan fingerprint density at radius 3 is 3.08 bits per heavy atom. The molecule has 0 N–H and O–H groups in total. The van der Waals surface area contributed by atoms with Crippen LogP contribution in [0.3, 0.4) is 0 Å². The molecule has 0 radical (unpaired) electrons. The van der Waals surface area contributed by atoms with Crippen LogP contribution in [0.15, 0.2) is 22.9 Å². The Bertz CT molecular complexity index is 261. The van der Waals surface area contributed by atoms with E-state index in [9.17, 15) is 0 Å². The van der Waals surface area contributed by atoms with Crippen LogP contribution in [-0.2, 0) is 4.52 Å². The number of nitrogens with zero attached hydrogens (tertiary/aromatic N) is 1. The Morgan fingerprint density at radius 1 is 1.75 bits per heavy atom. The molecule has 0 amide bonds. The van der Waals surface area contributed by atoms with Gasteiger partial charge in [-0.1, -0.05) is 0 Å². The standard InChI is InChI=1S/C7H8BrINOP/c1-5(11-12-9)6-2-3-10-4-7(6)8/h2-5,12H,1H3. The van der Waals surface area contributed by atoms with Crippen molar-refractivity contribution < 1.29 is 4.52 Å². The fourth-order valence-corrected chi connectivity index (χ4v) is 2.82. The van der Waals surface area contributed by atoms with Crippen molar-refractivity contribution in [3.63, 3.8) is 0 Å². The Labute approximate surface area is 95.0 Å². The molecule has 0 aliphatic heterocycles. The van der Waals surface area contributed by atoms with Crippen molar-refractivity contribution in [3.05, 3.63) is 28.5 Å². The lowest BCUT2D eigenvalue weighted by Crippen LogP contribution is -1.94. The molecule has 1 heterocycles. The summed E-state index contributed by atoms with van der Waals surface area (Å²) >= 11 is 5.64. The smallest absolute Gasteiger partial charge is 0.0858 e. The van der Waals surface area contributed by atoms with Gasteiger partial charge >= 0.3 is 0 Å². The van der Waals surface area contributed by atoms with Gasteiger partial charge in [0.15, 0.2) is 0 Å². The van der Waals surface area contributed by atoms with Crippen LogP contribution in [-0.4, -0.2) is 4.98 Å². The molecule has 2 atom stereocenters. The van der Waals surface area contributed by atoms with Crippen LogP contribution in [0.4, 0.5) is 0 Å². The lowest BCUT2D eigenvalue weighted by atomic mass is 10.2. The first-order valence-corrected chi connectivity index (χ1v) is 8.18. The third-order valence-corrected chi connectivity index (χ3v) is 3.33. The summed E-state index contributed by atoms with van der Waals surface area (Å²) in [6.45, 7) is 2.52. The molecule has 66 valence electrons. The van der Waals surface area contributed by atoms with Crippen molar-refractivity contribution in [2.24, 2.45) is 0 Å². The van der Waals surface area contributed by atoms with Crippen LogP contribution >= 0.6 is 44.4 Å². The van der Waals surface area contributed by atoms with Crippen LogP contribution in [0.1, 0.15) is 18.6 Å². The molecule has 0 saturated heterocycles. The van der Waals surface area contributed by atoms with E-state index in [1.807, 2.05) is 13.0 Å². The van der Waals surface area contributed by atoms with Gasteiger partial charge in [-0.15, -0.1) is 0 Å². The molecule has 0 bridgehead atoms. The van der Waals surface area contributed by atoms with Crippen molar-refractivity contribution in [1.29, 1.82) is 0 Å². The zero-order valence-corrected chi connectivity index (χ0v) is 11.2. The van der Waals surface area contributed by atoms with Gasteiger partial charge < -0.3 is 4.52 Å². The van der Waals surface area contributed by atoms with E-state index in [0.29, 0.717) is 6.45 Å². The number of halogens is 2. The number of pyridine rings is 1. The molecule has 2 nitrogen and oxygen atoms in total. The molecule has 0 aromatic carbocycles. The molecular weight excluding hydrogens is 352 g/mol. The van der Waals surface area contributed by atoms with Gasteiger partial charge in [0.1, 0.15) is 0 Å². The summed E-state index contributed by atoms with van der Waals surface area (Å²) in [4.78, 5) is 3.99. The first kappa shape index (κ1) is 10.8. The number of hydrogen-bond acceptors (Lipinski definition) is 2. The third kappa shape index (κ3) is 2.91. The molecule has 0 spiro atoms. The van der Waals surface area contributed by atoms with Gasteiger partial charge in [0, 0.05) is 16.9 Å². The van der Waals surface area contributed by atoms with Gasteiger partial charge in [0.25, 0.3) is 0 Å². The molecule has 5 heteroatoms. The summed E-state index contributed by atoms with van der Waals surface area (Å²) in [5, 5.41) is 0. The Kier molecular flexibility index (Phi) is 4.94. The van der Waals surface area contributed by atoms with Crippen LogP contribution in [0.2, 0.25) is 0 Å². The maximum absolute atomic E-state index is 5.47. The van der Waals surface area contributed by atoms with E-state index in [-0.39, 0.29) is 6.10 Å². The minimum Gasteiger partial charge on any atom is -0.344 e. The maximum atomic E-state index is 5.47. The summed E-state index contributed by atoms with van der Waals surface area (Å²) < 4.78 is 6.47. The minimum atomic E-state index is 0.137. The highest BCUT2D eigenvalue weighted by Gasteiger charge is 2.08. The van der Waals surface area contributed by atoms with E-state index in [4.69, 9.17) is 4.52 Å². The van der Waals surface area contributed by atoms with Gasteiger partial charge in [0.2, 0.25) is 0 Å². The second-order valence-electron chi connectivity index (χ2n) is 2.23. The van der Waals surface area contributed by atoms with Gasteiger partial charge in [-0.3, -0.25) is 4.98 Å². The van der Waals surface area contributed by atoms with Crippen LogP contribution < -0.4 is 0 Å². The van der Waals surface area contributed by atoms with E-state index in [2.05, 4.69) is 43.0 Å². The van der Waals surface area contributed by atoms with Crippen molar-refractivity contribution in [2.45, 2.75) is 13.0 Å². The average Bonchev–Trinajstić information content (AvgIpc) is 2.05. The molecule has 0 fully saturated rings. The van der Waals surface area contributed by atoms with Gasteiger partial charge in [0.05, 0.1) is 12.6 Å². The Hall–Kier alpha value is 0.750. The summed E-state index contributed by atoms with van der Waals surface area (Å²) in [6.07, 6.45) is 3.69. The summed E-state index contributed by atoms with van der Waals surface area (Å²) in [7, 11) is 0. The van der Waals surface area contributed by atoms with E-state index in [1.54, 1.807) is 12.4 Å². The second-order valence-corrected chi connectivity index (χ2v) is 4.80. The van der Waals surface area contributed by atoms with Gasteiger partial charge in [-0.05, 0) is 56.5 Å². The number of hydrogen-bond donors (Lipinski definition) is 0. The molecule has 1 rings (SSSR count). The highest BCUT2D eigenvalue weighted by atomic mass is 127. The van der Waals surface area contributed by atoms with Gasteiger partial charge in [-0.2, -0.15) is 0 Å². The fraction of sp³-hybridized carbons (Fsp3) is 0.286. The quantitative estimate of drug-likeness (QED) is 0.603. The van der Waals surface area contributed by atoms with Crippen molar-refractivity contribution in [2.75, 3.05) is 0 Å². The summed E-state index contributed by atoms with van der Waals surface area (Å²) in [5.41, 5.74) is 1.15. The molecule has 2 unspecified atom stereocenters. The zero-order chi connectivity index (χ0) is 8.97. The highest BCUT2D eigenvalue weighted by molar-refractivity contribution is 14.2. The Morgan fingerprint density at radius 2 is 2.50 bits per heavy atom. The van der Waals surface area contributed by atoms with Crippen LogP contribution in [0.25, 0.3) is 0 Å². The first-order chi connectivity index (χ1) is 5.75. The zero-order valence-electron chi connectivity index (χ0n) is 6.42. The first-order valence-electron chi connectivity index (χ1n) is 3.36. The minimum absolute atomic E-state index is 0.137. The van der Waals surface area contributed by atoms with E-state index in [1.165, 1.54) is 0 Å². The molecule has 0 aliphatic rings. The molecule has 1 aromatic heterocycles. The highest BCUT2D eigenvalue weighted by Crippen LogP contribution is 2.33. The molecule has 0 saturated carbocycles. The van der Waals surface area contributed by atoms with Crippen molar-refractivity contribution in [1.82, 2.24) is 4.98 Å². The summed E-state index contributed by atoms with van der Waals surface area (Å²) in [5.74, 6) is 0. The van der Waals surface area contributed by atoms with E-state index in [0.717, 1.165) is 10.0 Å². The number of aromatic nitrogens is 1. The topological polar surface area (TPSA) is 22.1 Å². The van der Waals surface area contributed by atoms with Crippen LogP contribution in [0, 0.1) is 0 Å². The molecule has 12 heavy (non-hydrogen) atoms. The second kappa shape index (κ2) is 5.47. The largest absolute Gasteiger partial charge is 0.344 e. The number of rotatable bonds is 3. The maximum Gasteiger partial charge on any atom is 0.0858 e. The third-order valence-electron chi connectivity index (χ3n) is 1.46. The normalized spacial score (nSPS) is 13.9. The fourth-order valence-electron chi connectivity index (χ4n) is 0.846. The molecule has 0 aliphatic carbocycles. The predicted octanol–water partition coefficient (Wildman–Crippen LogP) is 3.87. The predicted molar refractivity (Wildman–Crippen MR) is 63.8 cm³/mol. The summed E-state index contributed by atoms with van der Waals surface area (Å²) in [6, 6.07) is 1.96.